The van der Waals surface area contributed by atoms with Gasteiger partial charge in [-0.25, -0.2) is 0 Å². The van der Waals surface area contributed by atoms with Crippen molar-refractivity contribution in [3.8, 4) is 0 Å². The molecule has 0 aromatic heterocycles. The summed E-state index contributed by atoms with van der Waals surface area (Å²) in [6.45, 7) is 9.32. The molecule has 4 rings (SSSR count). The maximum atomic E-state index is 11.9. The fourth-order valence-corrected chi connectivity index (χ4v) is 4.61. The maximum absolute atomic E-state index is 11.9. The molecule has 4 fully saturated rings. The Balaban J connectivity index is 1.75. The molecule has 108 valence electrons. The molecule has 4 aliphatic heterocycles. The first-order valence-corrected chi connectivity index (χ1v) is 7.88. The van der Waals surface area contributed by atoms with E-state index >= 15 is 0 Å². The number of carbonyl (C=O) groups excluding carboxylic acids is 1. The van der Waals surface area contributed by atoms with Crippen LogP contribution in [0.4, 0.5) is 0 Å². The highest BCUT2D eigenvalue weighted by Crippen LogP contribution is 2.44. The number of ether oxygens (including phenoxy) is 1. The van der Waals surface area contributed by atoms with E-state index in [0.29, 0.717) is 25.1 Å². The van der Waals surface area contributed by atoms with Crippen LogP contribution in [-0.4, -0.2) is 60.6 Å². The Bertz CT molecular complexity index is 339. The molecule has 2 bridgehead atoms. The number of fused-ring (bicyclic) bond motifs is 2. The van der Waals surface area contributed by atoms with Gasteiger partial charge in [-0.05, 0) is 51.2 Å². The lowest BCUT2D eigenvalue weighted by Crippen LogP contribution is -2.57. The van der Waals surface area contributed by atoms with Gasteiger partial charge in [0.05, 0.1) is 13.0 Å². The summed E-state index contributed by atoms with van der Waals surface area (Å²) >= 11 is 0. The summed E-state index contributed by atoms with van der Waals surface area (Å²) < 4.78 is 5.17. The van der Waals surface area contributed by atoms with Crippen LogP contribution < -0.4 is 0 Å². The highest BCUT2D eigenvalue weighted by molar-refractivity contribution is 5.70. The zero-order chi connectivity index (χ0) is 13.4. The molecule has 0 aromatic carbocycles. The molecule has 0 N–H and O–H groups in total. The third-order valence-corrected chi connectivity index (χ3v) is 5.44. The van der Waals surface area contributed by atoms with Crippen molar-refractivity contribution >= 4 is 5.97 Å². The second-order valence-corrected chi connectivity index (χ2v) is 6.19. The van der Waals surface area contributed by atoms with Gasteiger partial charge >= 0.3 is 5.97 Å². The summed E-state index contributed by atoms with van der Waals surface area (Å²) in [5, 5.41) is 0. The van der Waals surface area contributed by atoms with E-state index in [4.69, 9.17) is 4.74 Å². The molecule has 19 heavy (non-hydrogen) atoms. The number of nitrogens with zero attached hydrogens (tertiary/aromatic N) is 2. The van der Waals surface area contributed by atoms with Gasteiger partial charge in [0.25, 0.3) is 0 Å². The van der Waals surface area contributed by atoms with Crippen LogP contribution in [-0.2, 0) is 9.53 Å². The highest BCUT2D eigenvalue weighted by atomic mass is 16.5. The first kappa shape index (κ1) is 13.4. The molecule has 4 heteroatoms. The van der Waals surface area contributed by atoms with Crippen LogP contribution in [0, 0.1) is 11.8 Å². The van der Waals surface area contributed by atoms with Crippen LogP contribution in [0.1, 0.15) is 33.1 Å². The third-order valence-electron chi connectivity index (χ3n) is 5.44. The lowest BCUT2D eigenvalue weighted by atomic mass is 9.73. The molecule has 3 atom stereocenters. The molecular formula is C15H26N2O2. The van der Waals surface area contributed by atoms with Crippen LogP contribution in [0.5, 0.6) is 0 Å². The van der Waals surface area contributed by atoms with E-state index in [1.165, 1.54) is 32.5 Å². The molecule has 4 nitrogen and oxygen atoms in total. The number of likely N-dealkylation sites (N-methyl/N-ethyl adjacent to an activating group) is 1. The van der Waals surface area contributed by atoms with Gasteiger partial charge < -0.3 is 4.74 Å². The Morgan fingerprint density at radius 2 is 2.00 bits per heavy atom. The predicted octanol–water partition coefficient (Wildman–Crippen LogP) is 1.35. The fourth-order valence-electron chi connectivity index (χ4n) is 4.61. The zero-order valence-electron chi connectivity index (χ0n) is 12.2. The minimum absolute atomic E-state index is 0.0192. The fraction of sp³-hybridized carbons (Fsp3) is 0.933. The number of esters is 1. The summed E-state index contributed by atoms with van der Waals surface area (Å²) in [4.78, 5) is 17.0. The molecule has 0 saturated carbocycles. The van der Waals surface area contributed by atoms with E-state index in [1.807, 2.05) is 6.92 Å². The van der Waals surface area contributed by atoms with Crippen molar-refractivity contribution in [2.75, 3.05) is 32.8 Å². The van der Waals surface area contributed by atoms with Crippen molar-refractivity contribution in [2.24, 2.45) is 11.8 Å². The molecule has 4 saturated heterocycles. The largest absolute Gasteiger partial charge is 0.466 e. The molecule has 0 aromatic rings. The third kappa shape index (κ3) is 2.29. The Morgan fingerprint density at radius 3 is 2.63 bits per heavy atom. The average Bonchev–Trinajstić information content (AvgIpc) is 2.81. The molecule has 3 unspecified atom stereocenters. The zero-order valence-corrected chi connectivity index (χ0v) is 12.2. The number of rotatable bonds is 4. The molecule has 4 aliphatic rings. The first-order valence-electron chi connectivity index (χ1n) is 7.88. The summed E-state index contributed by atoms with van der Waals surface area (Å²) in [5.74, 6) is 1.67. The maximum Gasteiger partial charge on any atom is 0.307 e. The second kappa shape index (κ2) is 5.41. The van der Waals surface area contributed by atoms with Crippen molar-refractivity contribution < 1.29 is 9.53 Å². The lowest BCUT2D eigenvalue weighted by Gasteiger charge is -2.49. The second-order valence-electron chi connectivity index (χ2n) is 6.19. The number of likely N-dealkylation sites (tertiary alicyclic amines) is 1. The summed E-state index contributed by atoms with van der Waals surface area (Å²) in [6.07, 6.45) is 3.31. The van der Waals surface area contributed by atoms with Gasteiger partial charge in [0.1, 0.15) is 0 Å². The van der Waals surface area contributed by atoms with Crippen LogP contribution in [0.15, 0.2) is 0 Å². The molecular weight excluding hydrogens is 240 g/mol. The molecule has 0 amide bonds. The van der Waals surface area contributed by atoms with Crippen molar-refractivity contribution in [3.05, 3.63) is 0 Å². The van der Waals surface area contributed by atoms with Crippen molar-refractivity contribution in [1.29, 1.82) is 0 Å². The summed E-state index contributed by atoms with van der Waals surface area (Å²) in [5.41, 5.74) is 0. The van der Waals surface area contributed by atoms with E-state index in [0.717, 1.165) is 18.4 Å². The number of piperidine rings is 3. The topological polar surface area (TPSA) is 32.8 Å². The standard InChI is InChI=1S/C15H26N2O2/c1-3-16-10-12-11-5-7-17(8-6-11)15(12)13(16)9-14(18)19-4-2/h11-13,15H,3-10H2,1-2H3. The van der Waals surface area contributed by atoms with Crippen molar-refractivity contribution in [3.63, 3.8) is 0 Å². The lowest BCUT2D eigenvalue weighted by molar-refractivity contribution is -0.145. The summed E-state index contributed by atoms with van der Waals surface area (Å²) in [6, 6.07) is 0.994. The number of hydrogen-bond donors (Lipinski definition) is 0. The van der Waals surface area contributed by atoms with E-state index < -0.39 is 0 Å². The van der Waals surface area contributed by atoms with Gasteiger partial charge in [-0.1, -0.05) is 6.92 Å². The average molecular weight is 266 g/mol. The Labute approximate surface area is 116 Å². The molecule has 0 radical (unpaired) electrons. The smallest absolute Gasteiger partial charge is 0.307 e. The Kier molecular flexibility index (Phi) is 3.81. The normalized spacial score (nSPS) is 41.3. The van der Waals surface area contributed by atoms with E-state index in [-0.39, 0.29) is 5.97 Å². The summed E-state index contributed by atoms with van der Waals surface area (Å²) in [7, 11) is 0. The Hall–Kier alpha value is -0.610. The molecule has 0 aliphatic carbocycles. The van der Waals surface area contributed by atoms with Crippen LogP contribution in [0.2, 0.25) is 0 Å². The highest BCUT2D eigenvalue weighted by Gasteiger charge is 2.52. The van der Waals surface area contributed by atoms with Gasteiger partial charge in [0.15, 0.2) is 0 Å². The SMILES string of the molecule is CCOC(=O)CC1C2C(CN1CC)C1CCN2CC1. The van der Waals surface area contributed by atoms with Crippen molar-refractivity contribution in [1.82, 2.24) is 9.80 Å². The minimum Gasteiger partial charge on any atom is -0.466 e. The quantitative estimate of drug-likeness (QED) is 0.719. The first-order chi connectivity index (χ1) is 9.24. The van der Waals surface area contributed by atoms with Gasteiger partial charge in [0, 0.05) is 18.6 Å². The molecule has 4 heterocycles. The van der Waals surface area contributed by atoms with Gasteiger partial charge in [0.2, 0.25) is 0 Å². The number of carbonyl (C=O) groups is 1. The predicted molar refractivity (Wildman–Crippen MR) is 73.9 cm³/mol. The monoisotopic (exact) mass is 266 g/mol. The van der Waals surface area contributed by atoms with E-state index in [1.54, 1.807) is 0 Å². The van der Waals surface area contributed by atoms with Crippen LogP contribution in [0.25, 0.3) is 0 Å². The van der Waals surface area contributed by atoms with Crippen LogP contribution in [0.3, 0.4) is 0 Å². The molecule has 0 spiro atoms. The minimum atomic E-state index is -0.0192. The van der Waals surface area contributed by atoms with Crippen LogP contribution >= 0.6 is 0 Å². The van der Waals surface area contributed by atoms with E-state index in [9.17, 15) is 4.79 Å². The number of hydrogen-bond acceptors (Lipinski definition) is 4. The van der Waals surface area contributed by atoms with Gasteiger partial charge in [-0.15, -0.1) is 0 Å². The van der Waals surface area contributed by atoms with Gasteiger partial charge in [-0.2, -0.15) is 0 Å². The van der Waals surface area contributed by atoms with Crippen molar-refractivity contribution in [2.45, 2.75) is 45.2 Å². The van der Waals surface area contributed by atoms with Gasteiger partial charge in [-0.3, -0.25) is 14.6 Å². The Morgan fingerprint density at radius 1 is 1.26 bits per heavy atom. The van der Waals surface area contributed by atoms with E-state index in [2.05, 4.69) is 16.7 Å².